The third-order valence-electron chi connectivity index (χ3n) is 4.56. The van der Waals surface area contributed by atoms with Crippen LogP contribution in [0, 0.1) is 0 Å². The van der Waals surface area contributed by atoms with Gasteiger partial charge in [0.15, 0.2) is 0 Å². The zero-order valence-corrected chi connectivity index (χ0v) is 16.4. The van der Waals surface area contributed by atoms with E-state index in [4.69, 9.17) is 5.10 Å². The maximum Gasteiger partial charge on any atom is 0.244 e. The molecule has 1 amide bonds. The lowest BCUT2D eigenvalue weighted by Gasteiger charge is -2.03. The average molecular weight is 398 g/mol. The number of aromatic nitrogens is 5. The molecule has 0 radical (unpaired) electrons. The van der Waals surface area contributed by atoms with E-state index in [1.807, 2.05) is 64.1 Å². The fraction of sp³-hybridized carbons (Fsp3) is 0.130. The summed E-state index contributed by atoms with van der Waals surface area (Å²) in [6.45, 7) is 1.42. The van der Waals surface area contributed by atoms with E-state index in [-0.39, 0.29) is 5.91 Å². The van der Waals surface area contributed by atoms with Gasteiger partial charge in [0.05, 0.1) is 12.0 Å². The van der Waals surface area contributed by atoms with E-state index in [1.54, 1.807) is 37.1 Å². The van der Waals surface area contributed by atoms with Crippen molar-refractivity contribution in [1.82, 2.24) is 29.6 Å². The van der Waals surface area contributed by atoms with Gasteiger partial charge in [0.2, 0.25) is 5.91 Å². The van der Waals surface area contributed by atoms with Crippen LogP contribution in [0.5, 0.6) is 0 Å². The fourth-order valence-corrected chi connectivity index (χ4v) is 3.07. The number of pyridine rings is 1. The molecule has 0 spiro atoms. The molecule has 1 aromatic carbocycles. The number of imidazole rings is 1. The Bertz CT molecular complexity index is 1100. The number of hydrogen-bond donors (Lipinski definition) is 1. The summed E-state index contributed by atoms with van der Waals surface area (Å²) in [6, 6.07) is 13.7. The van der Waals surface area contributed by atoms with Crippen molar-refractivity contribution in [1.29, 1.82) is 0 Å². The molecular weight excluding hydrogens is 376 g/mol. The van der Waals surface area contributed by atoms with Gasteiger partial charge in [0.25, 0.3) is 0 Å². The molecule has 0 saturated heterocycles. The van der Waals surface area contributed by atoms with Gasteiger partial charge in [0, 0.05) is 61.3 Å². The lowest BCUT2D eigenvalue weighted by Crippen LogP contribution is -2.22. The third-order valence-corrected chi connectivity index (χ3v) is 4.56. The highest BCUT2D eigenvalue weighted by molar-refractivity contribution is 5.92. The number of rotatable bonds is 8. The Morgan fingerprint density at radius 3 is 2.73 bits per heavy atom. The van der Waals surface area contributed by atoms with Gasteiger partial charge in [-0.1, -0.05) is 18.2 Å². The summed E-state index contributed by atoms with van der Waals surface area (Å²) in [7, 11) is 0. The second-order valence-electron chi connectivity index (χ2n) is 6.73. The number of nitrogens with one attached hydrogen (secondary N) is 1. The lowest BCUT2D eigenvalue weighted by atomic mass is 10.1. The maximum absolute atomic E-state index is 12.2. The Morgan fingerprint density at radius 1 is 1.07 bits per heavy atom. The van der Waals surface area contributed by atoms with Gasteiger partial charge in [-0.25, -0.2) is 9.67 Å². The molecule has 1 N–H and O–H groups in total. The van der Waals surface area contributed by atoms with Gasteiger partial charge in [-0.3, -0.25) is 9.78 Å². The van der Waals surface area contributed by atoms with Crippen molar-refractivity contribution in [2.24, 2.45) is 0 Å². The quantitative estimate of drug-likeness (QED) is 0.365. The van der Waals surface area contributed by atoms with Crippen LogP contribution < -0.4 is 5.32 Å². The van der Waals surface area contributed by atoms with Gasteiger partial charge in [-0.15, -0.1) is 0 Å². The van der Waals surface area contributed by atoms with Crippen LogP contribution in [0.15, 0.2) is 85.9 Å². The van der Waals surface area contributed by atoms with E-state index in [2.05, 4.69) is 15.3 Å². The minimum atomic E-state index is -0.134. The predicted octanol–water partition coefficient (Wildman–Crippen LogP) is 3.35. The van der Waals surface area contributed by atoms with Crippen LogP contribution >= 0.6 is 0 Å². The molecule has 0 aliphatic heterocycles. The average Bonchev–Trinajstić information content (AvgIpc) is 3.47. The number of para-hydroxylation sites is 1. The zero-order valence-electron chi connectivity index (χ0n) is 16.4. The number of carbonyl (C=O) groups excluding carboxylic acids is 1. The first-order valence-electron chi connectivity index (χ1n) is 9.77. The van der Waals surface area contributed by atoms with Gasteiger partial charge in [0.1, 0.15) is 5.69 Å². The van der Waals surface area contributed by atoms with E-state index in [1.165, 1.54) is 0 Å². The molecule has 0 saturated carbocycles. The number of aryl methyl sites for hydroxylation is 1. The van der Waals surface area contributed by atoms with E-state index < -0.39 is 0 Å². The second kappa shape index (κ2) is 9.47. The SMILES string of the molecule is O=C(C=Cc1cn(-c2ccccc2)nc1-c1cccnc1)NCCCn1ccnc1. The molecule has 0 bridgehead atoms. The smallest absolute Gasteiger partial charge is 0.244 e. The Morgan fingerprint density at radius 2 is 1.97 bits per heavy atom. The first-order valence-corrected chi connectivity index (χ1v) is 9.77. The van der Waals surface area contributed by atoms with Crippen molar-refractivity contribution in [3.8, 4) is 16.9 Å². The van der Waals surface area contributed by atoms with Crippen molar-refractivity contribution in [2.75, 3.05) is 6.54 Å². The molecule has 4 aromatic rings. The van der Waals surface area contributed by atoms with E-state index in [0.29, 0.717) is 6.54 Å². The van der Waals surface area contributed by atoms with Gasteiger partial charge in [-0.05, 0) is 36.8 Å². The summed E-state index contributed by atoms with van der Waals surface area (Å²) in [6.07, 6.45) is 15.0. The minimum Gasteiger partial charge on any atom is -0.352 e. The summed E-state index contributed by atoms with van der Waals surface area (Å²) in [5.74, 6) is -0.134. The minimum absolute atomic E-state index is 0.134. The highest BCUT2D eigenvalue weighted by Crippen LogP contribution is 2.24. The normalized spacial score (nSPS) is 11.1. The molecule has 7 nitrogen and oxygen atoms in total. The zero-order chi connectivity index (χ0) is 20.6. The number of amides is 1. The molecule has 3 aromatic heterocycles. The highest BCUT2D eigenvalue weighted by atomic mass is 16.1. The second-order valence-corrected chi connectivity index (χ2v) is 6.73. The Balaban J connectivity index is 1.46. The Hall–Kier alpha value is -4.00. The highest BCUT2D eigenvalue weighted by Gasteiger charge is 2.11. The lowest BCUT2D eigenvalue weighted by molar-refractivity contribution is -0.116. The maximum atomic E-state index is 12.2. The molecule has 7 heteroatoms. The first kappa shape index (κ1) is 19.3. The summed E-state index contributed by atoms with van der Waals surface area (Å²) in [5.41, 5.74) is 3.47. The molecule has 150 valence electrons. The molecule has 0 fully saturated rings. The van der Waals surface area contributed by atoms with Crippen LogP contribution in [-0.2, 0) is 11.3 Å². The van der Waals surface area contributed by atoms with Crippen molar-refractivity contribution in [2.45, 2.75) is 13.0 Å². The van der Waals surface area contributed by atoms with Gasteiger partial charge >= 0.3 is 0 Å². The van der Waals surface area contributed by atoms with Crippen LogP contribution in [0.4, 0.5) is 0 Å². The van der Waals surface area contributed by atoms with Crippen LogP contribution in [0.1, 0.15) is 12.0 Å². The van der Waals surface area contributed by atoms with Crippen LogP contribution in [-0.4, -0.2) is 36.8 Å². The van der Waals surface area contributed by atoms with Crippen molar-refractivity contribution >= 4 is 12.0 Å². The van der Waals surface area contributed by atoms with E-state index in [0.717, 1.165) is 35.5 Å². The molecule has 4 rings (SSSR count). The molecule has 0 aliphatic carbocycles. The Labute approximate surface area is 174 Å². The first-order chi connectivity index (χ1) is 14.8. The fourth-order valence-electron chi connectivity index (χ4n) is 3.07. The number of benzene rings is 1. The van der Waals surface area contributed by atoms with Crippen molar-refractivity contribution < 1.29 is 4.79 Å². The monoisotopic (exact) mass is 398 g/mol. The molecule has 0 unspecified atom stereocenters. The molecular formula is C23H22N6O. The van der Waals surface area contributed by atoms with Crippen molar-refractivity contribution in [3.05, 3.63) is 91.4 Å². The van der Waals surface area contributed by atoms with E-state index in [9.17, 15) is 4.79 Å². The molecule has 0 aliphatic rings. The van der Waals surface area contributed by atoms with Crippen molar-refractivity contribution in [3.63, 3.8) is 0 Å². The summed E-state index contributed by atoms with van der Waals surface area (Å²) >= 11 is 0. The van der Waals surface area contributed by atoms with Crippen LogP contribution in [0.2, 0.25) is 0 Å². The number of carbonyl (C=O) groups is 1. The molecule has 3 heterocycles. The largest absolute Gasteiger partial charge is 0.352 e. The summed E-state index contributed by atoms with van der Waals surface area (Å²) in [4.78, 5) is 20.4. The molecule has 0 atom stereocenters. The summed E-state index contributed by atoms with van der Waals surface area (Å²) < 4.78 is 3.80. The standard InChI is InChI=1S/C23H22N6O/c30-22(26-12-5-14-28-15-13-25-18-28)10-9-20-17-29(21-7-2-1-3-8-21)27-23(20)19-6-4-11-24-16-19/h1-4,6-11,13,15-18H,5,12,14H2,(H,26,30). The summed E-state index contributed by atoms with van der Waals surface area (Å²) in [5, 5.41) is 7.63. The van der Waals surface area contributed by atoms with Gasteiger partial charge in [-0.2, -0.15) is 5.10 Å². The number of hydrogen-bond acceptors (Lipinski definition) is 4. The van der Waals surface area contributed by atoms with Crippen LogP contribution in [0.3, 0.4) is 0 Å². The number of nitrogens with zero attached hydrogens (tertiary/aromatic N) is 5. The van der Waals surface area contributed by atoms with Crippen LogP contribution in [0.25, 0.3) is 23.0 Å². The van der Waals surface area contributed by atoms with Gasteiger partial charge < -0.3 is 9.88 Å². The topological polar surface area (TPSA) is 77.6 Å². The predicted molar refractivity (Wildman–Crippen MR) is 116 cm³/mol. The van der Waals surface area contributed by atoms with E-state index >= 15 is 0 Å². The Kier molecular flexibility index (Phi) is 6.10. The molecule has 30 heavy (non-hydrogen) atoms. The third kappa shape index (κ3) is 4.88.